The van der Waals surface area contributed by atoms with E-state index in [-0.39, 0.29) is 18.9 Å². The third-order valence-electron chi connectivity index (χ3n) is 2.66. The molecule has 0 spiro atoms. The SMILES string of the molecule is NCc1ccc(F)cc1COc1cc(F)ccc1F. The monoisotopic (exact) mass is 267 g/mol. The molecule has 2 rings (SSSR count). The maximum Gasteiger partial charge on any atom is 0.165 e. The lowest BCUT2D eigenvalue weighted by molar-refractivity contribution is 0.287. The normalized spacial score (nSPS) is 10.5. The fourth-order valence-corrected chi connectivity index (χ4v) is 1.67. The summed E-state index contributed by atoms with van der Waals surface area (Å²) in [7, 11) is 0. The van der Waals surface area contributed by atoms with Gasteiger partial charge in [-0.05, 0) is 35.4 Å². The first-order valence-corrected chi connectivity index (χ1v) is 5.65. The largest absolute Gasteiger partial charge is 0.486 e. The summed E-state index contributed by atoms with van der Waals surface area (Å²) in [6.07, 6.45) is 0. The predicted octanol–water partition coefficient (Wildman–Crippen LogP) is 3.14. The van der Waals surface area contributed by atoms with Crippen LogP contribution in [0.1, 0.15) is 11.1 Å². The molecule has 0 saturated carbocycles. The fourth-order valence-electron chi connectivity index (χ4n) is 1.67. The third kappa shape index (κ3) is 3.26. The van der Waals surface area contributed by atoms with Crippen molar-refractivity contribution in [3.05, 3.63) is 65.0 Å². The Morgan fingerprint density at radius 2 is 1.58 bits per heavy atom. The van der Waals surface area contributed by atoms with Crippen molar-refractivity contribution in [1.29, 1.82) is 0 Å². The number of hydrogen-bond donors (Lipinski definition) is 1. The van der Waals surface area contributed by atoms with Gasteiger partial charge in [-0.15, -0.1) is 0 Å². The molecule has 0 radical (unpaired) electrons. The molecule has 0 unspecified atom stereocenters. The van der Waals surface area contributed by atoms with Crippen LogP contribution in [0.2, 0.25) is 0 Å². The first kappa shape index (κ1) is 13.4. The van der Waals surface area contributed by atoms with E-state index in [2.05, 4.69) is 0 Å². The van der Waals surface area contributed by atoms with Crippen molar-refractivity contribution < 1.29 is 17.9 Å². The molecule has 2 aromatic carbocycles. The second-order valence-electron chi connectivity index (χ2n) is 3.98. The highest BCUT2D eigenvalue weighted by Crippen LogP contribution is 2.20. The minimum atomic E-state index is -0.674. The van der Waals surface area contributed by atoms with E-state index in [0.717, 1.165) is 18.2 Å². The van der Waals surface area contributed by atoms with Crippen molar-refractivity contribution in [2.75, 3.05) is 0 Å². The van der Waals surface area contributed by atoms with Crippen LogP contribution in [0.25, 0.3) is 0 Å². The third-order valence-corrected chi connectivity index (χ3v) is 2.66. The lowest BCUT2D eigenvalue weighted by atomic mass is 10.1. The van der Waals surface area contributed by atoms with Crippen LogP contribution < -0.4 is 10.5 Å². The molecule has 0 aliphatic rings. The zero-order valence-electron chi connectivity index (χ0n) is 10.00. The number of halogens is 3. The molecule has 2 N–H and O–H groups in total. The van der Waals surface area contributed by atoms with Crippen LogP contribution in [-0.2, 0) is 13.2 Å². The Balaban J connectivity index is 2.18. The van der Waals surface area contributed by atoms with Gasteiger partial charge in [-0.25, -0.2) is 13.2 Å². The van der Waals surface area contributed by atoms with Crippen molar-refractivity contribution in [2.24, 2.45) is 5.73 Å². The van der Waals surface area contributed by atoms with Gasteiger partial charge in [0.2, 0.25) is 0 Å². The number of rotatable bonds is 4. The Labute approximate surface area is 108 Å². The van der Waals surface area contributed by atoms with Crippen LogP contribution in [0, 0.1) is 17.5 Å². The van der Waals surface area contributed by atoms with Gasteiger partial charge in [0, 0.05) is 12.6 Å². The zero-order valence-corrected chi connectivity index (χ0v) is 10.00. The van der Waals surface area contributed by atoms with Gasteiger partial charge in [-0.3, -0.25) is 0 Å². The summed E-state index contributed by atoms with van der Waals surface area (Å²) >= 11 is 0. The van der Waals surface area contributed by atoms with E-state index >= 15 is 0 Å². The number of nitrogens with two attached hydrogens (primary N) is 1. The summed E-state index contributed by atoms with van der Waals surface area (Å²) in [6, 6.07) is 7.00. The lowest BCUT2D eigenvalue weighted by Gasteiger charge is -2.10. The molecule has 19 heavy (non-hydrogen) atoms. The van der Waals surface area contributed by atoms with Gasteiger partial charge in [0.15, 0.2) is 11.6 Å². The van der Waals surface area contributed by atoms with Gasteiger partial charge < -0.3 is 10.5 Å². The van der Waals surface area contributed by atoms with E-state index in [4.69, 9.17) is 10.5 Å². The lowest BCUT2D eigenvalue weighted by Crippen LogP contribution is -2.06. The summed E-state index contributed by atoms with van der Waals surface area (Å²) in [4.78, 5) is 0. The Morgan fingerprint density at radius 1 is 0.895 bits per heavy atom. The molecular weight excluding hydrogens is 255 g/mol. The van der Waals surface area contributed by atoms with Gasteiger partial charge in [-0.1, -0.05) is 6.07 Å². The molecule has 0 aliphatic heterocycles. The number of ether oxygens (including phenoxy) is 1. The van der Waals surface area contributed by atoms with Gasteiger partial charge in [0.1, 0.15) is 18.2 Å². The summed E-state index contributed by atoms with van der Waals surface area (Å²) in [6.45, 7) is 0.134. The molecule has 0 aliphatic carbocycles. The van der Waals surface area contributed by atoms with E-state index in [0.29, 0.717) is 11.1 Å². The first-order valence-electron chi connectivity index (χ1n) is 5.65. The van der Waals surface area contributed by atoms with Crippen molar-refractivity contribution >= 4 is 0 Å². The average molecular weight is 267 g/mol. The molecule has 0 bridgehead atoms. The van der Waals surface area contributed by atoms with Crippen LogP contribution in [0.5, 0.6) is 5.75 Å². The summed E-state index contributed by atoms with van der Waals surface area (Å²) in [5, 5.41) is 0. The maximum absolute atomic E-state index is 13.3. The molecule has 2 aromatic rings. The molecule has 100 valence electrons. The molecule has 0 heterocycles. The maximum atomic E-state index is 13.3. The van der Waals surface area contributed by atoms with E-state index < -0.39 is 17.5 Å². The number of benzene rings is 2. The topological polar surface area (TPSA) is 35.2 Å². The molecule has 0 saturated heterocycles. The molecule has 5 heteroatoms. The smallest absolute Gasteiger partial charge is 0.165 e. The number of hydrogen-bond acceptors (Lipinski definition) is 2. The van der Waals surface area contributed by atoms with Gasteiger partial charge in [0.05, 0.1) is 0 Å². The molecule has 0 fully saturated rings. The Bertz CT molecular complexity index is 587. The molecule has 0 amide bonds. The fraction of sp³-hybridized carbons (Fsp3) is 0.143. The average Bonchev–Trinajstić information content (AvgIpc) is 2.40. The van der Waals surface area contributed by atoms with Crippen molar-refractivity contribution in [3.63, 3.8) is 0 Å². The van der Waals surface area contributed by atoms with Gasteiger partial charge in [-0.2, -0.15) is 0 Å². The zero-order chi connectivity index (χ0) is 13.8. The minimum absolute atomic E-state index is 0.0787. The quantitative estimate of drug-likeness (QED) is 0.923. The summed E-state index contributed by atoms with van der Waals surface area (Å²) in [5.74, 6) is -1.93. The van der Waals surface area contributed by atoms with E-state index in [1.807, 2.05) is 0 Å². The summed E-state index contributed by atoms with van der Waals surface area (Å²) < 4.78 is 44.6. The van der Waals surface area contributed by atoms with Crippen molar-refractivity contribution in [2.45, 2.75) is 13.2 Å². The van der Waals surface area contributed by atoms with Crippen LogP contribution in [0.3, 0.4) is 0 Å². The first-order chi connectivity index (χ1) is 9.10. The molecular formula is C14H12F3NO. The highest BCUT2D eigenvalue weighted by molar-refractivity contribution is 5.29. The van der Waals surface area contributed by atoms with E-state index in [1.165, 1.54) is 18.2 Å². The van der Waals surface area contributed by atoms with E-state index in [1.54, 1.807) is 0 Å². The molecule has 0 aromatic heterocycles. The Hall–Kier alpha value is -2.01. The summed E-state index contributed by atoms with van der Waals surface area (Å²) in [5.41, 5.74) is 6.71. The predicted molar refractivity (Wildman–Crippen MR) is 65.0 cm³/mol. The highest BCUT2D eigenvalue weighted by Gasteiger charge is 2.08. The highest BCUT2D eigenvalue weighted by atomic mass is 19.1. The van der Waals surface area contributed by atoms with Gasteiger partial charge >= 0.3 is 0 Å². The van der Waals surface area contributed by atoms with Crippen LogP contribution in [-0.4, -0.2) is 0 Å². The van der Waals surface area contributed by atoms with Crippen molar-refractivity contribution in [3.8, 4) is 5.75 Å². The van der Waals surface area contributed by atoms with Gasteiger partial charge in [0.25, 0.3) is 0 Å². The minimum Gasteiger partial charge on any atom is -0.486 e. The Kier molecular flexibility index (Phi) is 4.06. The van der Waals surface area contributed by atoms with Crippen LogP contribution in [0.4, 0.5) is 13.2 Å². The van der Waals surface area contributed by atoms with Crippen molar-refractivity contribution in [1.82, 2.24) is 0 Å². The van der Waals surface area contributed by atoms with E-state index in [9.17, 15) is 13.2 Å². The van der Waals surface area contributed by atoms with Crippen LogP contribution in [0.15, 0.2) is 36.4 Å². The second-order valence-corrected chi connectivity index (χ2v) is 3.98. The second kappa shape index (κ2) is 5.75. The molecule has 2 nitrogen and oxygen atoms in total. The Morgan fingerprint density at radius 3 is 2.32 bits per heavy atom. The standard InChI is InChI=1S/C14H12F3NO/c15-11-2-1-9(7-18)10(5-11)8-19-14-6-12(16)3-4-13(14)17/h1-6H,7-8,18H2. The van der Waals surface area contributed by atoms with Crippen LogP contribution >= 0.6 is 0 Å². The molecule has 0 atom stereocenters.